The van der Waals surface area contributed by atoms with E-state index in [1.54, 1.807) is 16.2 Å². The molecule has 0 aliphatic heterocycles. The predicted octanol–water partition coefficient (Wildman–Crippen LogP) is 3.93. The van der Waals surface area contributed by atoms with Crippen LogP contribution in [0.4, 0.5) is 0 Å². The van der Waals surface area contributed by atoms with Crippen molar-refractivity contribution in [3.8, 4) is 0 Å². The second kappa shape index (κ2) is 5.84. The highest BCUT2D eigenvalue weighted by molar-refractivity contribution is 14.1. The van der Waals surface area contributed by atoms with E-state index in [4.69, 9.17) is 0 Å². The summed E-state index contributed by atoms with van der Waals surface area (Å²) in [6, 6.07) is 9.77. The molecule has 94 valence electrons. The number of nitrogens with zero attached hydrogens (tertiary/aromatic N) is 1. The monoisotopic (exact) mass is 371 g/mol. The highest BCUT2D eigenvalue weighted by Crippen LogP contribution is 2.18. The van der Waals surface area contributed by atoms with Gasteiger partial charge in [0, 0.05) is 21.1 Å². The quantitative estimate of drug-likeness (QED) is 0.749. The molecule has 0 bridgehead atoms. The lowest BCUT2D eigenvalue weighted by atomic mass is 10.2. The third-order valence-electron chi connectivity index (χ3n) is 2.77. The van der Waals surface area contributed by atoms with Crippen molar-refractivity contribution >= 4 is 39.8 Å². The molecule has 2 nitrogen and oxygen atoms in total. The van der Waals surface area contributed by atoms with Gasteiger partial charge < -0.3 is 4.90 Å². The third-order valence-corrected chi connectivity index (χ3v) is 4.45. The molecule has 1 heterocycles. The van der Waals surface area contributed by atoms with E-state index in [0.717, 1.165) is 9.13 Å². The number of hydrogen-bond donors (Lipinski definition) is 0. The highest BCUT2D eigenvalue weighted by Gasteiger charge is 2.13. The van der Waals surface area contributed by atoms with Crippen molar-refractivity contribution in [3.05, 3.63) is 55.3 Å². The number of rotatable bonds is 3. The summed E-state index contributed by atoms with van der Waals surface area (Å²) >= 11 is 3.92. The molecule has 0 saturated carbocycles. The van der Waals surface area contributed by atoms with Crippen LogP contribution in [0, 0.1) is 10.5 Å². The Morgan fingerprint density at radius 1 is 1.39 bits per heavy atom. The molecule has 0 fully saturated rings. The molecule has 0 radical (unpaired) electrons. The first-order chi connectivity index (χ1) is 8.58. The number of hydrogen-bond acceptors (Lipinski definition) is 2. The SMILES string of the molecule is Cc1ccsc1CN(C)C(=O)c1cccc(I)c1. The Morgan fingerprint density at radius 3 is 2.78 bits per heavy atom. The zero-order valence-electron chi connectivity index (χ0n) is 10.3. The normalized spacial score (nSPS) is 10.4. The summed E-state index contributed by atoms with van der Waals surface area (Å²) in [5, 5.41) is 2.06. The largest absolute Gasteiger partial charge is 0.337 e. The average molecular weight is 371 g/mol. The molecule has 0 aliphatic rings. The van der Waals surface area contributed by atoms with Crippen LogP contribution in [-0.4, -0.2) is 17.9 Å². The van der Waals surface area contributed by atoms with Crippen molar-refractivity contribution in [2.45, 2.75) is 13.5 Å². The molecule has 0 N–H and O–H groups in total. The maximum atomic E-state index is 12.3. The van der Waals surface area contributed by atoms with E-state index in [0.29, 0.717) is 6.54 Å². The van der Waals surface area contributed by atoms with Gasteiger partial charge in [-0.05, 0) is 64.7 Å². The van der Waals surface area contributed by atoms with Crippen LogP contribution in [0.25, 0.3) is 0 Å². The van der Waals surface area contributed by atoms with Crippen LogP contribution in [0.15, 0.2) is 35.7 Å². The van der Waals surface area contributed by atoms with Gasteiger partial charge in [0.25, 0.3) is 5.91 Å². The molecule has 2 aromatic rings. The van der Waals surface area contributed by atoms with Gasteiger partial charge in [-0.2, -0.15) is 0 Å². The van der Waals surface area contributed by atoms with E-state index < -0.39 is 0 Å². The van der Waals surface area contributed by atoms with Crippen LogP contribution >= 0.6 is 33.9 Å². The summed E-state index contributed by atoms with van der Waals surface area (Å²) < 4.78 is 1.08. The van der Waals surface area contributed by atoms with E-state index in [1.807, 2.05) is 31.3 Å². The first kappa shape index (κ1) is 13.5. The second-order valence-corrected chi connectivity index (χ2v) is 6.44. The standard InChI is InChI=1S/C14H14INOS/c1-10-6-7-18-13(10)9-16(2)14(17)11-4-3-5-12(15)8-11/h3-8H,9H2,1-2H3. The zero-order chi connectivity index (χ0) is 13.1. The minimum atomic E-state index is 0.0707. The molecule has 1 aromatic heterocycles. The van der Waals surface area contributed by atoms with E-state index >= 15 is 0 Å². The fourth-order valence-electron chi connectivity index (χ4n) is 1.70. The lowest BCUT2D eigenvalue weighted by Gasteiger charge is -2.17. The molecule has 0 aliphatic carbocycles. The number of thiophene rings is 1. The average Bonchev–Trinajstić information content (AvgIpc) is 2.74. The second-order valence-electron chi connectivity index (χ2n) is 4.20. The number of amides is 1. The van der Waals surface area contributed by atoms with Crippen molar-refractivity contribution in [3.63, 3.8) is 0 Å². The Bertz CT molecular complexity index is 564. The van der Waals surface area contributed by atoms with Crippen LogP contribution < -0.4 is 0 Å². The summed E-state index contributed by atoms with van der Waals surface area (Å²) in [6.45, 7) is 2.75. The van der Waals surface area contributed by atoms with Gasteiger partial charge in [0.2, 0.25) is 0 Å². The minimum absolute atomic E-state index is 0.0707. The van der Waals surface area contributed by atoms with Gasteiger partial charge in [-0.15, -0.1) is 11.3 Å². The van der Waals surface area contributed by atoms with Gasteiger partial charge in [0.1, 0.15) is 0 Å². The molecule has 4 heteroatoms. The Labute approximate surface area is 125 Å². The predicted molar refractivity (Wildman–Crippen MR) is 84.0 cm³/mol. The molecular weight excluding hydrogens is 357 g/mol. The molecule has 0 spiro atoms. The van der Waals surface area contributed by atoms with Crippen LogP contribution in [0.3, 0.4) is 0 Å². The van der Waals surface area contributed by atoms with E-state index in [-0.39, 0.29) is 5.91 Å². The Morgan fingerprint density at radius 2 is 2.17 bits per heavy atom. The van der Waals surface area contributed by atoms with E-state index in [9.17, 15) is 4.79 Å². The number of aryl methyl sites for hydroxylation is 1. The highest BCUT2D eigenvalue weighted by atomic mass is 127. The molecule has 0 atom stereocenters. The van der Waals surface area contributed by atoms with Gasteiger partial charge in [-0.25, -0.2) is 0 Å². The number of benzene rings is 1. The van der Waals surface area contributed by atoms with Crippen LogP contribution in [0.5, 0.6) is 0 Å². The molecule has 0 unspecified atom stereocenters. The summed E-state index contributed by atoms with van der Waals surface area (Å²) in [4.78, 5) is 15.3. The van der Waals surface area contributed by atoms with Crippen LogP contribution in [0.2, 0.25) is 0 Å². The molecule has 1 aromatic carbocycles. The molecule has 1 amide bonds. The minimum Gasteiger partial charge on any atom is -0.337 e. The Balaban J connectivity index is 2.12. The molecular formula is C14H14INOS. The zero-order valence-corrected chi connectivity index (χ0v) is 13.3. The number of halogens is 1. The maximum Gasteiger partial charge on any atom is 0.253 e. The maximum absolute atomic E-state index is 12.3. The van der Waals surface area contributed by atoms with Gasteiger partial charge in [-0.1, -0.05) is 6.07 Å². The van der Waals surface area contributed by atoms with Gasteiger partial charge >= 0.3 is 0 Å². The smallest absolute Gasteiger partial charge is 0.253 e. The molecule has 18 heavy (non-hydrogen) atoms. The lowest BCUT2D eigenvalue weighted by Crippen LogP contribution is -2.26. The first-order valence-corrected chi connectivity index (χ1v) is 7.58. The van der Waals surface area contributed by atoms with Crippen molar-refractivity contribution < 1.29 is 4.79 Å². The topological polar surface area (TPSA) is 20.3 Å². The van der Waals surface area contributed by atoms with Gasteiger partial charge in [0.05, 0.1) is 6.54 Å². The summed E-state index contributed by atoms with van der Waals surface area (Å²) in [5.41, 5.74) is 2.00. The summed E-state index contributed by atoms with van der Waals surface area (Å²) in [7, 11) is 1.85. The van der Waals surface area contributed by atoms with Crippen molar-refractivity contribution in [2.24, 2.45) is 0 Å². The fourth-order valence-corrected chi connectivity index (χ4v) is 3.20. The van der Waals surface area contributed by atoms with Gasteiger partial charge in [0.15, 0.2) is 0 Å². The van der Waals surface area contributed by atoms with Crippen LogP contribution in [0.1, 0.15) is 20.8 Å². The summed E-state index contributed by atoms with van der Waals surface area (Å²) in [6.07, 6.45) is 0. The van der Waals surface area contributed by atoms with Crippen molar-refractivity contribution in [1.82, 2.24) is 4.90 Å². The van der Waals surface area contributed by atoms with Crippen molar-refractivity contribution in [1.29, 1.82) is 0 Å². The number of carbonyl (C=O) groups excluding carboxylic acids is 1. The fraction of sp³-hybridized carbons (Fsp3) is 0.214. The Hall–Kier alpha value is -0.880. The van der Waals surface area contributed by atoms with Crippen LogP contribution in [-0.2, 0) is 6.54 Å². The Kier molecular flexibility index (Phi) is 4.40. The molecule has 0 saturated heterocycles. The molecule has 2 rings (SSSR count). The van der Waals surface area contributed by atoms with E-state index in [2.05, 4.69) is 41.0 Å². The van der Waals surface area contributed by atoms with E-state index in [1.165, 1.54) is 10.4 Å². The van der Waals surface area contributed by atoms with Crippen molar-refractivity contribution in [2.75, 3.05) is 7.05 Å². The third kappa shape index (κ3) is 3.11. The number of carbonyl (C=O) groups is 1. The van der Waals surface area contributed by atoms with Gasteiger partial charge in [-0.3, -0.25) is 4.79 Å². The first-order valence-electron chi connectivity index (χ1n) is 5.62. The lowest BCUT2D eigenvalue weighted by molar-refractivity contribution is 0.0786. The summed E-state index contributed by atoms with van der Waals surface area (Å²) in [5.74, 6) is 0.0707.